The highest BCUT2D eigenvalue weighted by Gasteiger charge is 2.29. The summed E-state index contributed by atoms with van der Waals surface area (Å²) in [5.74, 6) is 2.80. The summed E-state index contributed by atoms with van der Waals surface area (Å²) in [5.41, 5.74) is 0.931. The molecule has 1 aromatic carbocycles. The van der Waals surface area contributed by atoms with Gasteiger partial charge in [0.1, 0.15) is 5.82 Å². The number of rotatable bonds is 7. The summed E-state index contributed by atoms with van der Waals surface area (Å²) in [6, 6.07) is 5.57. The van der Waals surface area contributed by atoms with E-state index in [1.165, 1.54) is 11.8 Å². The van der Waals surface area contributed by atoms with Crippen molar-refractivity contribution in [2.45, 2.75) is 24.5 Å². The van der Waals surface area contributed by atoms with Gasteiger partial charge in [0.15, 0.2) is 26.5 Å². The number of aromatic nitrogens is 3. The number of hydrogen-bond acceptors (Lipinski definition) is 8. The summed E-state index contributed by atoms with van der Waals surface area (Å²) in [4.78, 5) is 12.2. The summed E-state index contributed by atoms with van der Waals surface area (Å²) in [7, 11) is -1.07. The third-order valence-corrected chi connectivity index (χ3v) is 7.84. The Morgan fingerprint density at radius 3 is 2.93 bits per heavy atom. The van der Waals surface area contributed by atoms with Gasteiger partial charge in [0.05, 0.1) is 17.3 Å². The second-order valence-corrected chi connectivity index (χ2v) is 10.4. The molecule has 1 fully saturated rings. The Hall–Kier alpha value is -2.27. The number of sulfone groups is 1. The molecule has 29 heavy (non-hydrogen) atoms. The molecule has 2 aliphatic rings. The molecule has 0 aliphatic carbocycles. The van der Waals surface area contributed by atoms with Gasteiger partial charge in [-0.1, -0.05) is 17.8 Å². The average Bonchev–Trinajstić information content (AvgIpc) is 3.38. The van der Waals surface area contributed by atoms with Crippen molar-refractivity contribution in [2.75, 3.05) is 24.1 Å². The van der Waals surface area contributed by atoms with Crippen LogP contribution in [0.25, 0.3) is 0 Å². The molecule has 0 spiro atoms. The molecule has 2 aliphatic heterocycles. The molecule has 1 aromatic heterocycles. The second kappa shape index (κ2) is 8.23. The Morgan fingerprint density at radius 1 is 1.31 bits per heavy atom. The highest BCUT2D eigenvalue weighted by atomic mass is 32.2. The first-order valence-corrected chi connectivity index (χ1v) is 12.1. The van der Waals surface area contributed by atoms with Gasteiger partial charge in [-0.25, -0.2) is 8.42 Å². The lowest BCUT2D eigenvalue weighted by atomic mass is 10.1. The summed E-state index contributed by atoms with van der Waals surface area (Å²) < 4.78 is 35.7. The highest BCUT2D eigenvalue weighted by molar-refractivity contribution is 7.99. The average molecular weight is 439 g/mol. The van der Waals surface area contributed by atoms with E-state index in [0.717, 1.165) is 11.4 Å². The normalized spacial score (nSPS) is 19.4. The van der Waals surface area contributed by atoms with Gasteiger partial charge in [0, 0.05) is 20.0 Å². The molecule has 156 valence electrons. The minimum absolute atomic E-state index is 0.0887. The number of fused-ring (bicyclic) bond motifs is 1. The van der Waals surface area contributed by atoms with Gasteiger partial charge in [-0.05, 0) is 30.0 Å². The second-order valence-electron chi connectivity index (χ2n) is 7.18. The van der Waals surface area contributed by atoms with Crippen molar-refractivity contribution >= 4 is 27.5 Å². The fourth-order valence-electron chi connectivity index (χ4n) is 3.37. The Bertz CT molecular complexity index is 1020. The first-order chi connectivity index (χ1) is 13.9. The molecule has 0 saturated carbocycles. The third-order valence-electron chi connectivity index (χ3n) is 4.98. The topological polar surface area (TPSA) is 112 Å². The first-order valence-electron chi connectivity index (χ1n) is 9.26. The van der Waals surface area contributed by atoms with Crippen LogP contribution in [0.3, 0.4) is 0 Å². The van der Waals surface area contributed by atoms with Crippen LogP contribution in [0.5, 0.6) is 11.5 Å². The number of nitrogens with zero attached hydrogens (tertiary/aromatic N) is 3. The maximum Gasteiger partial charge on any atom is 0.231 e. The van der Waals surface area contributed by atoms with Gasteiger partial charge in [-0.3, -0.25) is 4.79 Å². The van der Waals surface area contributed by atoms with Crippen LogP contribution >= 0.6 is 11.8 Å². The maximum absolute atomic E-state index is 12.2. The fourth-order valence-corrected chi connectivity index (χ4v) is 5.99. The van der Waals surface area contributed by atoms with Crippen molar-refractivity contribution in [2.24, 2.45) is 13.0 Å². The van der Waals surface area contributed by atoms with E-state index in [-0.39, 0.29) is 35.9 Å². The Kier molecular flexibility index (Phi) is 5.68. The lowest BCUT2D eigenvalue weighted by molar-refractivity contribution is -0.118. The molecular formula is C18H22N4O5S2. The van der Waals surface area contributed by atoms with Crippen molar-refractivity contribution < 1.29 is 22.7 Å². The van der Waals surface area contributed by atoms with Crippen LogP contribution < -0.4 is 14.8 Å². The van der Waals surface area contributed by atoms with E-state index in [1.807, 2.05) is 29.8 Å². The minimum Gasteiger partial charge on any atom is -0.454 e. The number of thioether (sulfide) groups is 1. The van der Waals surface area contributed by atoms with Crippen LogP contribution in [0.4, 0.5) is 0 Å². The lowest BCUT2D eigenvalue weighted by Gasteiger charge is -2.08. The Morgan fingerprint density at radius 2 is 2.14 bits per heavy atom. The van der Waals surface area contributed by atoms with Crippen molar-refractivity contribution in [1.29, 1.82) is 0 Å². The third kappa shape index (κ3) is 4.84. The van der Waals surface area contributed by atoms with E-state index in [9.17, 15) is 13.2 Å². The van der Waals surface area contributed by atoms with E-state index in [4.69, 9.17) is 9.47 Å². The number of carbonyl (C=O) groups is 1. The number of amides is 1. The fraction of sp³-hybridized carbons (Fsp3) is 0.500. The van der Waals surface area contributed by atoms with Crippen LogP contribution in [0.2, 0.25) is 0 Å². The number of carbonyl (C=O) groups excluding carboxylic acids is 1. The molecule has 11 heteroatoms. The van der Waals surface area contributed by atoms with Crippen LogP contribution in [0, 0.1) is 5.92 Å². The molecular weight excluding hydrogens is 416 g/mol. The van der Waals surface area contributed by atoms with Gasteiger partial charge in [0.2, 0.25) is 12.7 Å². The summed E-state index contributed by atoms with van der Waals surface area (Å²) in [6.07, 6.45) is 1.25. The molecule has 1 amide bonds. The van der Waals surface area contributed by atoms with Crippen LogP contribution in [-0.2, 0) is 34.6 Å². The molecule has 0 bridgehead atoms. The Balaban J connectivity index is 1.26. The van der Waals surface area contributed by atoms with Gasteiger partial charge in [-0.2, -0.15) is 0 Å². The predicted octanol–water partition coefficient (Wildman–Crippen LogP) is 0.929. The number of hydrogen-bond donors (Lipinski definition) is 1. The monoisotopic (exact) mass is 438 g/mol. The molecule has 1 N–H and O–H groups in total. The van der Waals surface area contributed by atoms with Gasteiger partial charge in [0.25, 0.3) is 0 Å². The SMILES string of the molecule is Cn1c(C[C@@H]2CCS(=O)(=O)C2)nnc1SCC(=O)NCc1ccc2c(c1)OCO2. The summed E-state index contributed by atoms with van der Waals surface area (Å²) in [6.45, 7) is 0.619. The van der Waals surface area contributed by atoms with E-state index < -0.39 is 9.84 Å². The molecule has 2 aromatic rings. The van der Waals surface area contributed by atoms with Crippen molar-refractivity contribution in [3.05, 3.63) is 29.6 Å². The quantitative estimate of drug-likeness (QED) is 0.636. The van der Waals surface area contributed by atoms with Crippen LogP contribution in [0.1, 0.15) is 17.8 Å². The van der Waals surface area contributed by atoms with Crippen molar-refractivity contribution in [3.8, 4) is 11.5 Å². The zero-order chi connectivity index (χ0) is 20.4. The number of benzene rings is 1. The molecule has 4 rings (SSSR count). The van der Waals surface area contributed by atoms with Gasteiger partial charge in [-0.15, -0.1) is 10.2 Å². The van der Waals surface area contributed by atoms with Gasteiger partial charge >= 0.3 is 0 Å². The van der Waals surface area contributed by atoms with Crippen LogP contribution in [-0.4, -0.2) is 53.1 Å². The zero-order valence-electron chi connectivity index (χ0n) is 16.0. The maximum atomic E-state index is 12.2. The first kappa shape index (κ1) is 20.0. The number of nitrogens with one attached hydrogen (secondary N) is 1. The van der Waals surface area contributed by atoms with E-state index >= 15 is 0 Å². The number of ether oxygens (including phenoxy) is 2. The predicted molar refractivity (Wildman–Crippen MR) is 107 cm³/mol. The van der Waals surface area contributed by atoms with E-state index in [0.29, 0.717) is 36.0 Å². The van der Waals surface area contributed by atoms with E-state index in [1.54, 1.807) is 0 Å². The standard InChI is InChI=1S/C18H22N4O5S2/c1-22-16(7-13-4-5-29(24,25)10-13)20-21-18(22)28-9-17(23)19-8-12-2-3-14-15(6-12)27-11-26-14/h2-3,6,13H,4-5,7-11H2,1H3,(H,19,23)/t13-/m0/s1. The van der Waals surface area contributed by atoms with Gasteiger partial charge < -0.3 is 19.4 Å². The molecule has 1 atom stereocenters. The Labute approximate surface area is 173 Å². The highest BCUT2D eigenvalue weighted by Crippen LogP contribution is 2.32. The summed E-state index contributed by atoms with van der Waals surface area (Å²) >= 11 is 1.30. The van der Waals surface area contributed by atoms with Crippen molar-refractivity contribution in [1.82, 2.24) is 20.1 Å². The molecule has 0 unspecified atom stereocenters. The van der Waals surface area contributed by atoms with Crippen molar-refractivity contribution in [3.63, 3.8) is 0 Å². The molecule has 1 saturated heterocycles. The van der Waals surface area contributed by atoms with Crippen LogP contribution in [0.15, 0.2) is 23.4 Å². The lowest BCUT2D eigenvalue weighted by Crippen LogP contribution is -2.24. The largest absolute Gasteiger partial charge is 0.454 e. The molecule has 9 nitrogen and oxygen atoms in total. The summed E-state index contributed by atoms with van der Waals surface area (Å²) in [5, 5.41) is 11.8. The van der Waals surface area contributed by atoms with E-state index in [2.05, 4.69) is 15.5 Å². The zero-order valence-corrected chi connectivity index (χ0v) is 17.6. The molecule has 0 radical (unpaired) electrons. The smallest absolute Gasteiger partial charge is 0.231 e. The molecule has 3 heterocycles. The minimum atomic E-state index is -2.91.